The van der Waals surface area contributed by atoms with Gasteiger partial charge in [-0.05, 0) is 122 Å². The van der Waals surface area contributed by atoms with Crippen LogP contribution in [0.15, 0.2) is 134 Å². The number of carbonyl (C=O) groups excluding carboxylic acids is 3. The summed E-state index contributed by atoms with van der Waals surface area (Å²) in [5.74, 6) is -0.929. The van der Waals surface area contributed by atoms with E-state index in [2.05, 4.69) is 154 Å². The molecule has 442 valence electrons. The van der Waals surface area contributed by atoms with E-state index < -0.39 is 6.10 Å². The quantitative estimate of drug-likeness (QED) is 0.0261. The van der Waals surface area contributed by atoms with Crippen LogP contribution in [0.5, 0.6) is 0 Å². The van der Waals surface area contributed by atoms with Gasteiger partial charge < -0.3 is 14.2 Å². The van der Waals surface area contributed by atoms with E-state index in [0.29, 0.717) is 19.3 Å². The molecule has 0 saturated heterocycles. The first-order chi connectivity index (χ1) is 38.5. The molecule has 6 nitrogen and oxygen atoms in total. The highest BCUT2D eigenvalue weighted by molar-refractivity contribution is 5.71. The Balaban J connectivity index is 4.29. The van der Waals surface area contributed by atoms with Crippen molar-refractivity contribution in [2.75, 3.05) is 13.2 Å². The minimum Gasteiger partial charge on any atom is -0.462 e. The van der Waals surface area contributed by atoms with E-state index in [0.717, 1.165) is 141 Å². The fourth-order valence-electron chi connectivity index (χ4n) is 8.58. The number of unbranched alkanes of at least 4 members (excludes halogenated alkanes) is 24. The van der Waals surface area contributed by atoms with Crippen molar-refractivity contribution in [2.24, 2.45) is 0 Å². The Kier molecular flexibility index (Phi) is 61.4. The van der Waals surface area contributed by atoms with Crippen LogP contribution >= 0.6 is 0 Å². The standard InChI is InChI=1S/C72H118O6/c1-4-7-10-13-16-19-21-23-25-27-29-31-33-34-35-36-37-38-40-41-43-45-47-49-51-53-56-59-62-65-71(74)77-68-69(67-76-70(73)64-61-58-55-18-15-12-9-6-3)78-72(75)66-63-60-57-54-52-50-48-46-44-42-39-32-30-28-26-24-22-20-17-14-11-8-5-2/h7,10,16,19,22-25,28-31,34-35,37-39,41-43,47,49,69H,4-6,8-9,11-15,17-18,20-21,26-27,32-33,36,40,44-46,48,50-68H2,1-3H3/b10-7-,19-16-,24-22-,25-23-,30-28-,31-29-,35-34-,38-37-,42-39-,43-41-,49-47-. The summed E-state index contributed by atoms with van der Waals surface area (Å²) in [5, 5.41) is 0. The number of hydrogen-bond acceptors (Lipinski definition) is 6. The molecule has 6 heteroatoms. The fourth-order valence-corrected chi connectivity index (χ4v) is 8.58. The number of hydrogen-bond donors (Lipinski definition) is 0. The van der Waals surface area contributed by atoms with E-state index >= 15 is 0 Å². The molecule has 0 aliphatic carbocycles. The molecule has 0 N–H and O–H groups in total. The summed E-state index contributed by atoms with van der Waals surface area (Å²) in [6.07, 6.45) is 91.8. The van der Waals surface area contributed by atoms with Crippen molar-refractivity contribution in [3.8, 4) is 0 Å². The maximum atomic E-state index is 12.9. The summed E-state index contributed by atoms with van der Waals surface area (Å²) >= 11 is 0. The highest BCUT2D eigenvalue weighted by Gasteiger charge is 2.19. The molecule has 78 heavy (non-hydrogen) atoms. The van der Waals surface area contributed by atoms with Crippen LogP contribution in [-0.2, 0) is 28.6 Å². The van der Waals surface area contributed by atoms with E-state index in [9.17, 15) is 14.4 Å². The highest BCUT2D eigenvalue weighted by Crippen LogP contribution is 2.15. The Hall–Kier alpha value is -4.45. The predicted molar refractivity (Wildman–Crippen MR) is 339 cm³/mol. The van der Waals surface area contributed by atoms with Crippen molar-refractivity contribution in [3.05, 3.63) is 134 Å². The van der Waals surface area contributed by atoms with Gasteiger partial charge in [0.1, 0.15) is 13.2 Å². The van der Waals surface area contributed by atoms with Crippen LogP contribution < -0.4 is 0 Å². The number of ether oxygens (including phenoxy) is 3. The molecule has 0 aromatic carbocycles. The summed E-state index contributed by atoms with van der Waals surface area (Å²) in [6, 6.07) is 0. The fraction of sp³-hybridized carbons (Fsp3) is 0.653. The zero-order valence-corrected chi connectivity index (χ0v) is 50.6. The van der Waals surface area contributed by atoms with Crippen LogP contribution in [0.1, 0.15) is 284 Å². The number of carbonyl (C=O) groups is 3. The van der Waals surface area contributed by atoms with Crippen LogP contribution in [0.2, 0.25) is 0 Å². The van der Waals surface area contributed by atoms with Gasteiger partial charge in [0.05, 0.1) is 0 Å². The molecule has 0 fully saturated rings. The molecule has 1 atom stereocenters. The second kappa shape index (κ2) is 65.1. The Labute approximate surface area is 481 Å². The molecule has 0 aromatic rings. The third-order valence-corrected chi connectivity index (χ3v) is 13.4. The molecule has 0 saturated carbocycles. The zero-order valence-electron chi connectivity index (χ0n) is 50.6. The summed E-state index contributed by atoms with van der Waals surface area (Å²) in [7, 11) is 0. The maximum Gasteiger partial charge on any atom is 0.306 e. The Morgan fingerprint density at radius 2 is 0.500 bits per heavy atom. The SMILES string of the molecule is CC/C=C\C/C=C\C/C=C\C/C=C\C/C=C\C/C=C\C/C=C\C/C=C\CCCCCCC(=O)OCC(COC(=O)CCCCCCCCCC)OC(=O)CCCCCCCCCC/C=C\C/C=C\C/C=C\CCCCCCC. The van der Waals surface area contributed by atoms with E-state index in [1.54, 1.807) is 0 Å². The smallest absolute Gasteiger partial charge is 0.306 e. The normalized spacial score (nSPS) is 13.0. The molecule has 0 bridgehead atoms. The molecule has 0 aliphatic heterocycles. The highest BCUT2D eigenvalue weighted by atomic mass is 16.6. The van der Waals surface area contributed by atoms with Gasteiger partial charge in [-0.3, -0.25) is 14.4 Å². The third kappa shape index (κ3) is 62.4. The maximum absolute atomic E-state index is 12.9. The van der Waals surface area contributed by atoms with E-state index in [1.807, 2.05) is 0 Å². The van der Waals surface area contributed by atoms with Crippen molar-refractivity contribution in [3.63, 3.8) is 0 Å². The molecular weight excluding hydrogens is 961 g/mol. The van der Waals surface area contributed by atoms with Crippen LogP contribution in [-0.4, -0.2) is 37.2 Å². The van der Waals surface area contributed by atoms with Gasteiger partial charge in [0.2, 0.25) is 0 Å². The molecule has 0 amide bonds. The van der Waals surface area contributed by atoms with Crippen molar-refractivity contribution in [1.82, 2.24) is 0 Å². The summed E-state index contributed by atoms with van der Waals surface area (Å²) in [6.45, 7) is 6.46. The van der Waals surface area contributed by atoms with Crippen molar-refractivity contribution in [2.45, 2.75) is 290 Å². The van der Waals surface area contributed by atoms with Crippen LogP contribution in [0.4, 0.5) is 0 Å². The molecule has 0 heterocycles. The van der Waals surface area contributed by atoms with E-state index in [-0.39, 0.29) is 31.1 Å². The molecule has 0 aromatic heterocycles. The van der Waals surface area contributed by atoms with Crippen molar-refractivity contribution >= 4 is 17.9 Å². The largest absolute Gasteiger partial charge is 0.462 e. The van der Waals surface area contributed by atoms with Gasteiger partial charge in [0.25, 0.3) is 0 Å². The van der Waals surface area contributed by atoms with Gasteiger partial charge in [-0.15, -0.1) is 0 Å². The van der Waals surface area contributed by atoms with Gasteiger partial charge in [-0.1, -0.05) is 276 Å². The average molecular weight is 1080 g/mol. The first-order valence-corrected chi connectivity index (χ1v) is 32.2. The van der Waals surface area contributed by atoms with Crippen LogP contribution in [0, 0.1) is 0 Å². The Bertz CT molecular complexity index is 1670. The molecule has 0 radical (unpaired) electrons. The Morgan fingerprint density at radius 3 is 0.782 bits per heavy atom. The van der Waals surface area contributed by atoms with Crippen LogP contribution in [0.3, 0.4) is 0 Å². The lowest BCUT2D eigenvalue weighted by atomic mass is 10.1. The number of allylic oxidation sites excluding steroid dienone is 22. The van der Waals surface area contributed by atoms with E-state index in [4.69, 9.17) is 14.2 Å². The molecule has 0 aliphatic rings. The predicted octanol–water partition coefficient (Wildman–Crippen LogP) is 22.2. The zero-order chi connectivity index (χ0) is 56.4. The van der Waals surface area contributed by atoms with Crippen LogP contribution in [0.25, 0.3) is 0 Å². The monoisotopic (exact) mass is 1080 g/mol. The van der Waals surface area contributed by atoms with Gasteiger partial charge in [0.15, 0.2) is 6.10 Å². The van der Waals surface area contributed by atoms with Gasteiger partial charge in [-0.2, -0.15) is 0 Å². The minimum atomic E-state index is -0.796. The topological polar surface area (TPSA) is 78.9 Å². The first kappa shape index (κ1) is 73.5. The molecular formula is C72H118O6. The van der Waals surface area contributed by atoms with Gasteiger partial charge in [-0.25, -0.2) is 0 Å². The second-order valence-electron chi connectivity index (χ2n) is 20.9. The number of esters is 3. The minimum absolute atomic E-state index is 0.0916. The van der Waals surface area contributed by atoms with Gasteiger partial charge in [0, 0.05) is 19.3 Å². The Morgan fingerprint density at radius 1 is 0.269 bits per heavy atom. The third-order valence-electron chi connectivity index (χ3n) is 13.4. The second-order valence-corrected chi connectivity index (χ2v) is 20.9. The lowest BCUT2D eigenvalue weighted by molar-refractivity contribution is -0.167. The first-order valence-electron chi connectivity index (χ1n) is 32.2. The van der Waals surface area contributed by atoms with Crippen molar-refractivity contribution in [1.29, 1.82) is 0 Å². The number of rotatable bonds is 57. The summed E-state index contributed by atoms with van der Waals surface area (Å²) < 4.78 is 16.8. The summed E-state index contributed by atoms with van der Waals surface area (Å²) in [4.78, 5) is 38.1. The summed E-state index contributed by atoms with van der Waals surface area (Å²) in [5.41, 5.74) is 0. The lowest BCUT2D eigenvalue weighted by Crippen LogP contribution is -2.30. The van der Waals surface area contributed by atoms with Gasteiger partial charge >= 0.3 is 17.9 Å². The molecule has 0 spiro atoms. The lowest BCUT2D eigenvalue weighted by Gasteiger charge is -2.18. The molecule has 0 rings (SSSR count). The molecule has 1 unspecified atom stereocenters. The average Bonchev–Trinajstić information content (AvgIpc) is 3.44. The van der Waals surface area contributed by atoms with Crippen molar-refractivity contribution < 1.29 is 28.6 Å². The van der Waals surface area contributed by atoms with E-state index in [1.165, 1.54) is 103 Å².